The molecule has 0 aliphatic heterocycles. The number of hydrogen-bond acceptors (Lipinski definition) is 3. The molecule has 3 nitrogen and oxygen atoms in total. The Balaban J connectivity index is 2.86. The molecule has 0 radical (unpaired) electrons. The lowest BCUT2D eigenvalue weighted by Gasteiger charge is -2.09. The van der Waals surface area contributed by atoms with E-state index in [9.17, 15) is 4.91 Å². The average Bonchev–Trinajstić information content (AvgIpc) is 2.12. The van der Waals surface area contributed by atoms with E-state index < -0.39 is 0 Å². The average molecular weight is 157 g/mol. The molecule has 11 heavy (non-hydrogen) atoms. The quantitative estimate of drug-likeness (QED) is 0.456. The van der Waals surface area contributed by atoms with Crippen LogP contribution in [0.2, 0.25) is 0 Å². The maximum Gasteiger partial charge on any atom is 0.155 e. The Kier molecular flexibility index (Phi) is 1.36. The third-order valence-corrected chi connectivity index (χ3v) is 4.11. The van der Waals surface area contributed by atoms with Gasteiger partial charge in [-0.2, -0.15) is 0 Å². The van der Waals surface area contributed by atoms with Gasteiger partial charge in [0.25, 0.3) is 0 Å². The smallest absolute Gasteiger partial charge is 0.155 e. The molecular formula is C8H15NO2. The molecule has 0 atom stereocenters. The molecule has 1 aliphatic carbocycles. The molecule has 0 bridgehead atoms. The lowest BCUT2D eigenvalue weighted by atomic mass is 10.0. The molecular weight excluding hydrogens is 142 g/mol. The van der Waals surface area contributed by atoms with Crippen LogP contribution in [0.15, 0.2) is 5.34 Å². The second-order valence-electron chi connectivity index (χ2n) is 4.45. The number of nitrogens with zero attached hydrogens (tertiary/aromatic N) is 1. The summed E-state index contributed by atoms with van der Waals surface area (Å²) in [7, 11) is 0. The van der Waals surface area contributed by atoms with E-state index in [0.29, 0.717) is 0 Å². The fourth-order valence-corrected chi connectivity index (χ4v) is 1.84. The van der Waals surface area contributed by atoms with Crippen molar-refractivity contribution in [1.82, 2.24) is 0 Å². The molecule has 64 valence electrons. The van der Waals surface area contributed by atoms with Crippen LogP contribution < -0.4 is 0 Å². The molecule has 1 aliphatic rings. The summed E-state index contributed by atoms with van der Waals surface area (Å²) in [6.07, 6.45) is 0. The van der Waals surface area contributed by atoms with Gasteiger partial charge in [-0.1, -0.05) is 27.7 Å². The van der Waals surface area contributed by atoms with Crippen LogP contribution in [0.25, 0.3) is 0 Å². The Labute approximate surface area is 67.1 Å². The first kappa shape index (κ1) is 8.50. The van der Waals surface area contributed by atoms with Crippen LogP contribution in [-0.2, 0) is 4.84 Å². The van der Waals surface area contributed by atoms with E-state index in [1.165, 1.54) is 0 Å². The molecule has 1 rings (SSSR count). The standard InChI is InChI=1S/C8H15NO2/c1-6(2)7(3,4)8(6,5)11-9-10/h1-5H3. The van der Waals surface area contributed by atoms with Crippen LogP contribution in [0.3, 0.4) is 0 Å². The molecule has 0 unspecified atom stereocenters. The molecule has 0 N–H and O–H groups in total. The first-order chi connectivity index (χ1) is 4.81. The van der Waals surface area contributed by atoms with Gasteiger partial charge in [-0.15, -0.1) is 4.91 Å². The molecule has 1 fully saturated rings. The van der Waals surface area contributed by atoms with E-state index >= 15 is 0 Å². The van der Waals surface area contributed by atoms with Gasteiger partial charge in [0.05, 0.1) is 0 Å². The normalized spacial score (nSPS) is 29.2. The van der Waals surface area contributed by atoms with Gasteiger partial charge in [-0.3, -0.25) is 0 Å². The van der Waals surface area contributed by atoms with Gasteiger partial charge >= 0.3 is 0 Å². The summed E-state index contributed by atoms with van der Waals surface area (Å²) in [4.78, 5) is 14.8. The highest BCUT2D eigenvalue weighted by Crippen LogP contribution is 2.73. The van der Waals surface area contributed by atoms with Crippen LogP contribution in [0.5, 0.6) is 0 Å². The molecule has 0 heterocycles. The zero-order valence-corrected chi connectivity index (χ0v) is 7.76. The molecule has 0 aromatic carbocycles. The third-order valence-electron chi connectivity index (χ3n) is 4.11. The Hall–Kier alpha value is -0.600. The Morgan fingerprint density at radius 2 is 1.36 bits per heavy atom. The van der Waals surface area contributed by atoms with Crippen molar-refractivity contribution in [3.63, 3.8) is 0 Å². The maximum atomic E-state index is 9.96. The summed E-state index contributed by atoms with van der Waals surface area (Å²) in [5.41, 5.74) is -0.316. The predicted molar refractivity (Wildman–Crippen MR) is 42.8 cm³/mol. The molecule has 1 saturated carbocycles. The third kappa shape index (κ3) is 0.638. The van der Waals surface area contributed by atoms with Crippen LogP contribution >= 0.6 is 0 Å². The second-order valence-corrected chi connectivity index (χ2v) is 4.45. The lowest BCUT2D eigenvalue weighted by Crippen LogP contribution is -2.15. The molecule has 0 amide bonds. The zero-order chi connectivity index (χ0) is 8.91. The van der Waals surface area contributed by atoms with Crippen molar-refractivity contribution in [2.45, 2.75) is 40.2 Å². The minimum absolute atomic E-state index is 0.0356. The van der Waals surface area contributed by atoms with E-state index in [0.717, 1.165) is 0 Å². The van der Waals surface area contributed by atoms with Crippen molar-refractivity contribution in [2.75, 3.05) is 0 Å². The first-order valence-corrected chi connectivity index (χ1v) is 3.82. The van der Waals surface area contributed by atoms with E-state index in [2.05, 4.69) is 33.0 Å². The van der Waals surface area contributed by atoms with Gasteiger partial charge in [0.15, 0.2) is 5.34 Å². The summed E-state index contributed by atoms with van der Waals surface area (Å²) in [6.45, 7) is 10.3. The Bertz CT molecular complexity index is 182. The van der Waals surface area contributed by atoms with Gasteiger partial charge in [0, 0.05) is 10.8 Å². The van der Waals surface area contributed by atoms with Crippen LogP contribution in [0.4, 0.5) is 0 Å². The highest BCUT2D eigenvalue weighted by molar-refractivity contribution is 5.24. The summed E-state index contributed by atoms with van der Waals surface area (Å²) in [5, 5.41) is 2.51. The summed E-state index contributed by atoms with van der Waals surface area (Å²) in [6, 6.07) is 0. The fraction of sp³-hybridized carbons (Fsp3) is 1.00. The molecule has 0 aromatic rings. The molecule has 0 spiro atoms. The maximum absolute atomic E-state index is 9.96. The van der Waals surface area contributed by atoms with Crippen molar-refractivity contribution >= 4 is 0 Å². The van der Waals surface area contributed by atoms with Gasteiger partial charge in [-0.25, -0.2) is 0 Å². The minimum Gasteiger partial charge on any atom is -0.357 e. The van der Waals surface area contributed by atoms with Crippen molar-refractivity contribution in [1.29, 1.82) is 0 Å². The van der Waals surface area contributed by atoms with Crippen molar-refractivity contribution in [3.8, 4) is 0 Å². The summed E-state index contributed by atoms with van der Waals surface area (Å²) < 4.78 is 0. The Morgan fingerprint density at radius 1 is 1.00 bits per heavy atom. The Morgan fingerprint density at radius 3 is 1.45 bits per heavy atom. The number of hydrogen-bond donors (Lipinski definition) is 0. The van der Waals surface area contributed by atoms with Crippen molar-refractivity contribution in [3.05, 3.63) is 4.91 Å². The topological polar surface area (TPSA) is 38.7 Å². The van der Waals surface area contributed by atoms with Crippen LogP contribution in [0, 0.1) is 15.7 Å². The predicted octanol–water partition coefficient (Wildman–Crippen LogP) is 2.51. The highest BCUT2D eigenvalue weighted by atomic mass is 16.7. The van der Waals surface area contributed by atoms with Gasteiger partial charge in [0.1, 0.15) is 5.60 Å². The van der Waals surface area contributed by atoms with Crippen LogP contribution in [0.1, 0.15) is 34.6 Å². The largest absolute Gasteiger partial charge is 0.357 e. The highest BCUT2D eigenvalue weighted by Gasteiger charge is 2.78. The first-order valence-electron chi connectivity index (χ1n) is 3.82. The van der Waals surface area contributed by atoms with Crippen LogP contribution in [-0.4, -0.2) is 5.60 Å². The van der Waals surface area contributed by atoms with E-state index in [1.807, 2.05) is 6.92 Å². The SMILES string of the molecule is CC1(C)C(C)(C)C1(C)ON=O. The monoisotopic (exact) mass is 157 g/mol. The van der Waals surface area contributed by atoms with Crippen molar-refractivity contribution < 1.29 is 4.84 Å². The number of rotatable bonds is 2. The van der Waals surface area contributed by atoms with E-state index in [-0.39, 0.29) is 16.4 Å². The van der Waals surface area contributed by atoms with E-state index in [4.69, 9.17) is 4.84 Å². The van der Waals surface area contributed by atoms with Gasteiger partial charge in [0.2, 0.25) is 0 Å². The molecule has 3 heteroatoms. The second kappa shape index (κ2) is 1.76. The summed E-state index contributed by atoms with van der Waals surface area (Å²) >= 11 is 0. The lowest BCUT2D eigenvalue weighted by molar-refractivity contribution is 0.00645. The zero-order valence-electron chi connectivity index (χ0n) is 7.76. The van der Waals surface area contributed by atoms with Gasteiger partial charge < -0.3 is 4.84 Å². The van der Waals surface area contributed by atoms with Crippen molar-refractivity contribution in [2.24, 2.45) is 16.2 Å². The van der Waals surface area contributed by atoms with Gasteiger partial charge in [-0.05, 0) is 6.92 Å². The summed E-state index contributed by atoms with van der Waals surface area (Å²) in [5.74, 6) is 0. The van der Waals surface area contributed by atoms with E-state index in [1.54, 1.807) is 0 Å². The minimum atomic E-state index is -0.387. The fourth-order valence-electron chi connectivity index (χ4n) is 1.84. The molecule has 0 saturated heterocycles. The molecule has 0 aromatic heterocycles.